The van der Waals surface area contributed by atoms with Gasteiger partial charge in [-0.15, -0.1) is 0 Å². The molecule has 0 bridgehead atoms. The van der Waals surface area contributed by atoms with Crippen LogP contribution >= 0.6 is 0 Å². The zero-order valence-electron chi connectivity index (χ0n) is 13.0. The summed E-state index contributed by atoms with van der Waals surface area (Å²) >= 11 is 0. The zero-order chi connectivity index (χ0) is 15.1. The Balaban J connectivity index is 1.96. The van der Waals surface area contributed by atoms with Crippen molar-refractivity contribution in [2.24, 2.45) is 5.92 Å². The van der Waals surface area contributed by atoms with Crippen molar-refractivity contribution in [3.63, 3.8) is 0 Å². The van der Waals surface area contributed by atoms with E-state index in [-0.39, 0.29) is 0 Å². The summed E-state index contributed by atoms with van der Waals surface area (Å²) in [5.74, 6) is 1.51. The molecular weight excluding hydrogens is 266 g/mol. The summed E-state index contributed by atoms with van der Waals surface area (Å²) in [5.41, 5.74) is 2.37. The third-order valence-electron chi connectivity index (χ3n) is 3.97. The highest BCUT2D eigenvalue weighted by Crippen LogP contribution is 2.30. The van der Waals surface area contributed by atoms with Gasteiger partial charge in [0.1, 0.15) is 12.5 Å². The van der Waals surface area contributed by atoms with Crippen LogP contribution < -0.4 is 9.64 Å². The highest BCUT2D eigenvalue weighted by molar-refractivity contribution is 5.69. The van der Waals surface area contributed by atoms with Crippen molar-refractivity contribution in [3.8, 4) is 5.75 Å². The van der Waals surface area contributed by atoms with Crippen molar-refractivity contribution in [3.05, 3.63) is 30.3 Å². The van der Waals surface area contributed by atoms with Crippen LogP contribution in [0.15, 0.2) is 24.8 Å². The molecule has 4 heteroatoms. The number of benzene rings is 1. The fourth-order valence-electron chi connectivity index (χ4n) is 2.74. The first-order chi connectivity index (χ1) is 10.3. The maximum Gasteiger partial charge on any atom is 0.146 e. The fourth-order valence-corrected chi connectivity index (χ4v) is 2.74. The molecule has 0 atom stereocenters. The molecule has 1 heterocycles. The molecule has 0 aromatic heterocycles. The van der Waals surface area contributed by atoms with Gasteiger partial charge >= 0.3 is 0 Å². The third-order valence-corrected chi connectivity index (χ3v) is 3.97. The van der Waals surface area contributed by atoms with E-state index in [4.69, 9.17) is 14.2 Å². The van der Waals surface area contributed by atoms with E-state index in [9.17, 15) is 0 Å². The topological polar surface area (TPSA) is 30.9 Å². The van der Waals surface area contributed by atoms with Crippen LogP contribution in [-0.2, 0) is 9.47 Å². The van der Waals surface area contributed by atoms with Gasteiger partial charge in [0.2, 0.25) is 0 Å². The SMILES string of the molecule is C=Cc1ccc(OC)cc1N1CCC(COCOC)CC1. The highest BCUT2D eigenvalue weighted by Gasteiger charge is 2.21. The Bertz CT molecular complexity index is 453. The lowest BCUT2D eigenvalue weighted by atomic mass is 9.96. The molecule has 0 saturated carbocycles. The van der Waals surface area contributed by atoms with Gasteiger partial charge in [0.25, 0.3) is 0 Å². The summed E-state index contributed by atoms with van der Waals surface area (Å²) in [6, 6.07) is 6.14. The van der Waals surface area contributed by atoms with Gasteiger partial charge < -0.3 is 19.1 Å². The number of nitrogens with zero attached hydrogens (tertiary/aromatic N) is 1. The Morgan fingerprint density at radius 3 is 2.67 bits per heavy atom. The minimum Gasteiger partial charge on any atom is -0.497 e. The maximum absolute atomic E-state index is 5.47. The average molecular weight is 291 g/mol. The predicted octanol–water partition coefficient (Wildman–Crippen LogP) is 3.18. The number of methoxy groups -OCH3 is 2. The number of hydrogen-bond acceptors (Lipinski definition) is 4. The van der Waals surface area contributed by atoms with E-state index in [1.165, 1.54) is 5.69 Å². The number of piperidine rings is 1. The van der Waals surface area contributed by atoms with E-state index in [1.807, 2.05) is 12.1 Å². The Labute approximate surface area is 127 Å². The van der Waals surface area contributed by atoms with E-state index in [0.29, 0.717) is 12.7 Å². The van der Waals surface area contributed by atoms with Gasteiger partial charge in [0, 0.05) is 32.0 Å². The Morgan fingerprint density at radius 1 is 1.29 bits per heavy atom. The van der Waals surface area contributed by atoms with Gasteiger partial charge in [0.05, 0.1) is 13.7 Å². The summed E-state index contributed by atoms with van der Waals surface area (Å²) in [7, 11) is 3.36. The quantitative estimate of drug-likeness (QED) is 0.570. The van der Waals surface area contributed by atoms with E-state index in [0.717, 1.165) is 43.9 Å². The molecule has 4 nitrogen and oxygen atoms in total. The van der Waals surface area contributed by atoms with Crippen LogP contribution in [-0.4, -0.2) is 40.7 Å². The first kappa shape index (κ1) is 15.9. The van der Waals surface area contributed by atoms with Crippen LogP contribution in [0.3, 0.4) is 0 Å². The molecule has 116 valence electrons. The molecule has 0 N–H and O–H groups in total. The molecule has 0 amide bonds. The van der Waals surface area contributed by atoms with Crippen LogP contribution in [0.4, 0.5) is 5.69 Å². The summed E-state index contributed by atoms with van der Waals surface area (Å²) < 4.78 is 15.7. The molecule has 1 aromatic rings. The number of rotatable bonds is 7. The monoisotopic (exact) mass is 291 g/mol. The Kier molecular flexibility index (Phi) is 6.08. The largest absolute Gasteiger partial charge is 0.497 e. The van der Waals surface area contributed by atoms with Gasteiger partial charge in [-0.05, 0) is 36.5 Å². The molecule has 0 radical (unpaired) electrons. The van der Waals surface area contributed by atoms with Gasteiger partial charge in [-0.2, -0.15) is 0 Å². The molecule has 21 heavy (non-hydrogen) atoms. The molecule has 1 aliphatic heterocycles. The number of hydrogen-bond donors (Lipinski definition) is 0. The molecular formula is C17H25NO3. The second kappa shape index (κ2) is 8.05. The Hall–Kier alpha value is -1.52. The molecule has 0 spiro atoms. The lowest BCUT2D eigenvalue weighted by Crippen LogP contribution is -2.35. The molecule has 0 unspecified atom stereocenters. The van der Waals surface area contributed by atoms with Gasteiger partial charge in [-0.3, -0.25) is 0 Å². The normalized spacial score (nSPS) is 16.0. The third kappa shape index (κ3) is 4.22. The lowest BCUT2D eigenvalue weighted by molar-refractivity contribution is -0.0456. The molecule has 1 saturated heterocycles. The van der Waals surface area contributed by atoms with Crippen molar-refractivity contribution < 1.29 is 14.2 Å². The maximum atomic E-state index is 5.47. The van der Waals surface area contributed by atoms with Crippen molar-refractivity contribution in [2.45, 2.75) is 12.8 Å². The summed E-state index contributed by atoms with van der Waals surface area (Å²) in [6.45, 7) is 7.15. The molecule has 1 aliphatic rings. The van der Waals surface area contributed by atoms with Crippen LogP contribution in [0.2, 0.25) is 0 Å². The van der Waals surface area contributed by atoms with E-state index in [1.54, 1.807) is 14.2 Å². The van der Waals surface area contributed by atoms with E-state index >= 15 is 0 Å². The minimum absolute atomic E-state index is 0.386. The first-order valence-electron chi connectivity index (χ1n) is 7.40. The van der Waals surface area contributed by atoms with Crippen molar-refractivity contribution in [1.29, 1.82) is 0 Å². The second-order valence-electron chi connectivity index (χ2n) is 5.34. The standard InChI is InChI=1S/C17H25NO3/c1-4-15-5-6-16(20-3)11-17(15)18-9-7-14(8-10-18)12-21-13-19-2/h4-6,11,14H,1,7-10,12-13H2,2-3H3. The summed E-state index contributed by atoms with van der Waals surface area (Å²) in [5, 5.41) is 0. The minimum atomic E-state index is 0.386. The van der Waals surface area contributed by atoms with Gasteiger partial charge in [-0.1, -0.05) is 12.7 Å². The van der Waals surface area contributed by atoms with Crippen molar-refractivity contribution in [2.75, 3.05) is 45.6 Å². The smallest absolute Gasteiger partial charge is 0.146 e. The molecule has 1 aromatic carbocycles. The van der Waals surface area contributed by atoms with Crippen LogP contribution in [0.5, 0.6) is 5.75 Å². The number of ether oxygens (including phenoxy) is 3. The van der Waals surface area contributed by atoms with E-state index < -0.39 is 0 Å². The van der Waals surface area contributed by atoms with Gasteiger partial charge in [0.15, 0.2) is 0 Å². The lowest BCUT2D eigenvalue weighted by Gasteiger charge is -2.34. The number of anilines is 1. The molecule has 1 fully saturated rings. The van der Waals surface area contributed by atoms with Crippen LogP contribution in [0.1, 0.15) is 18.4 Å². The first-order valence-corrected chi connectivity index (χ1v) is 7.40. The summed E-state index contributed by atoms with van der Waals surface area (Å²) in [4.78, 5) is 2.41. The molecule has 0 aliphatic carbocycles. The highest BCUT2D eigenvalue weighted by atomic mass is 16.7. The summed E-state index contributed by atoms with van der Waals surface area (Å²) in [6.07, 6.45) is 4.18. The Morgan fingerprint density at radius 2 is 2.05 bits per heavy atom. The van der Waals surface area contributed by atoms with E-state index in [2.05, 4.69) is 23.6 Å². The zero-order valence-corrected chi connectivity index (χ0v) is 13.0. The van der Waals surface area contributed by atoms with Crippen LogP contribution in [0.25, 0.3) is 6.08 Å². The second-order valence-corrected chi connectivity index (χ2v) is 5.34. The molecule has 2 rings (SSSR count). The van der Waals surface area contributed by atoms with Crippen molar-refractivity contribution in [1.82, 2.24) is 0 Å². The average Bonchev–Trinajstić information content (AvgIpc) is 2.55. The predicted molar refractivity (Wildman–Crippen MR) is 85.9 cm³/mol. The fraction of sp³-hybridized carbons (Fsp3) is 0.529. The van der Waals surface area contributed by atoms with Crippen LogP contribution in [0, 0.1) is 5.92 Å². The van der Waals surface area contributed by atoms with Gasteiger partial charge in [-0.25, -0.2) is 0 Å². The van der Waals surface area contributed by atoms with Crippen molar-refractivity contribution >= 4 is 11.8 Å².